The summed E-state index contributed by atoms with van der Waals surface area (Å²) in [6, 6.07) is 0. The number of hydrogen-bond acceptors (Lipinski definition) is 5. The summed E-state index contributed by atoms with van der Waals surface area (Å²) < 4.78 is 9.45. The van der Waals surface area contributed by atoms with Gasteiger partial charge in [-0.15, -0.1) is 0 Å². The fourth-order valence-corrected chi connectivity index (χ4v) is 2.99. The largest absolute Gasteiger partial charge is 0.375 e. The number of carbonyl (C=O) groups is 1. The second-order valence-corrected chi connectivity index (χ2v) is 6.09. The Hall–Kier alpha value is -2.42. The van der Waals surface area contributed by atoms with E-state index in [1.54, 1.807) is 16.5 Å². The number of imidazole rings is 1. The minimum Gasteiger partial charge on any atom is -0.375 e. The molecule has 9 nitrogen and oxygen atoms in total. The second-order valence-electron chi connectivity index (χ2n) is 6.09. The number of morpholine rings is 1. The molecule has 1 atom stereocenters. The van der Waals surface area contributed by atoms with Gasteiger partial charge < -0.3 is 14.2 Å². The summed E-state index contributed by atoms with van der Waals surface area (Å²) >= 11 is 0. The van der Waals surface area contributed by atoms with E-state index in [2.05, 4.69) is 4.98 Å². The van der Waals surface area contributed by atoms with Gasteiger partial charge in [0, 0.05) is 40.2 Å². The highest BCUT2D eigenvalue weighted by Gasteiger charge is 2.21. The van der Waals surface area contributed by atoms with Gasteiger partial charge in [-0.2, -0.15) is 0 Å². The number of aromatic nitrogens is 4. The zero-order valence-corrected chi connectivity index (χ0v) is 14.1. The first-order valence-corrected chi connectivity index (χ1v) is 7.90. The molecule has 0 radical (unpaired) electrons. The van der Waals surface area contributed by atoms with Gasteiger partial charge in [0.15, 0.2) is 11.2 Å². The van der Waals surface area contributed by atoms with Crippen LogP contribution in [0.2, 0.25) is 0 Å². The first kappa shape index (κ1) is 16.4. The highest BCUT2D eigenvalue weighted by molar-refractivity contribution is 5.76. The maximum Gasteiger partial charge on any atom is 0.332 e. The van der Waals surface area contributed by atoms with E-state index in [9.17, 15) is 14.4 Å². The monoisotopic (exact) mass is 335 g/mol. The third kappa shape index (κ3) is 2.75. The molecule has 2 aromatic heterocycles. The summed E-state index contributed by atoms with van der Waals surface area (Å²) in [5, 5.41) is 0. The Balaban J connectivity index is 1.83. The lowest BCUT2D eigenvalue weighted by atomic mass is 10.2. The van der Waals surface area contributed by atoms with Gasteiger partial charge in [-0.25, -0.2) is 9.78 Å². The van der Waals surface area contributed by atoms with Crippen LogP contribution in [-0.4, -0.2) is 55.3 Å². The van der Waals surface area contributed by atoms with E-state index in [-0.39, 0.29) is 18.4 Å². The van der Waals surface area contributed by atoms with Crippen LogP contribution in [0.5, 0.6) is 0 Å². The average molecular weight is 335 g/mol. The maximum atomic E-state index is 12.3. The van der Waals surface area contributed by atoms with E-state index in [0.29, 0.717) is 37.4 Å². The van der Waals surface area contributed by atoms with Gasteiger partial charge in [0.2, 0.25) is 5.91 Å². The molecule has 9 heteroatoms. The molecular weight excluding hydrogens is 314 g/mol. The highest BCUT2D eigenvalue weighted by Crippen LogP contribution is 2.09. The van der Waals surface area contributed by atoms with Crippen LogP contribution in [0.4, 0.5) is 0 Å². The minimum atomic E-state index is -0.420. The van der Waals surface area contributed by atoms with E-state index in [1.165, 1.54) is 17.9 Å². The molecule has 0 aliphatic carbocycles. The van der Waals surface area contributed by atoms with Crippen molar-refractivity contribution in [2.24, 2.45) is 14.1 Å². The molecule has 1 saturated heterocycles. The van der Waals surface area contributed by atoms with Crippen molar-refractivity contribution in [1.82, 2.24) is 23.6 Å². The lowest BCUT2D eigenvalue weighted by Gasteiger charge is -2.31. The number of carbonyl (C=O) groups excluding carboxylic acids is 1. The summed E-state index contributed by atoms with van der Waals surface area (Å²) in [5.74, 6) is 0.0219. The van der Waals surface area contributed by atoms with Crippen molar-refractivity contribution in [3.05, 3.63) is 27.2 Å². The third-order valence-electron chi connectivity index (χ3n) is 4.38. The molecule has 0 saturated carbocycles. The zero-order valence-electron chi connectivity index (χ0n) is 14.1. The molecule has 0 unspecified atom stereocenters. The Morgan fingerprint density at radius 3 is 2.79 bits per heavy atom. The van der Waals surface area contributed by atoms with Gasteiger partial charge in [0.25, 0.3) is 5.56 Å². The van der Waals surface area contributed by atoms with E-state index in [1.807, 2.05) is 6.92 Å². The molecule has 0 spiro atoms. The summed E-state index contributed by atoms with van der Waals surface area (Å²) in [6.07, 6.45) is 1.81. The Labute approximate surface area is 138 Å². The fraction of sp³-hybridized carbons (Fsp3) is 0.600. The molecule has 1 fully saturated rings. The summed E-state index contributed by atoms with van der Waals surface area (Å²) in [4.78, 5) is 42.5. The Bertz CT molecular complexity index is 894. The quantitative estimate of drug-likeness (QED) is 0.723. The van der Waals surface area contributed by atoms with Crippen LogP contribution in [-0.2, 0) is 30.2 Å². The number of hydrogen-bond donors (Lipinski definition) is 0. The molecule has 0 aromatic carbocycles. The van der Waals surface area contributed by atoms with E-state index >= 15 is 0 Å². The predicted octanol–water partition coefficient (Wildman–Crippen LogP) is -0.929. The van der Waals surface area contributed by atoms with Crippen LogP contribution >= 0.6 is 0 Å². The van der Waals surface area contributed by atoms with E-state index in [0.717, 1.165) is 4.57 Å². The molecule has 24 heavy (non-hydrogen) atoms. The van der Waals surface area contributed by atoms with Gasteiger partial charge in [-0.05, 0) is 6.92 Å². The Kier molecular flexibility index (Phi) is 4.27. The lowest BCUT2D eigenvalue weighted by Crippen LogP contribution is -2.44. The summed E-state index contributed by atoms with van der Waals surface area (Å²) in [6.45, 7) is 4.00. The van der Waals surface area contributed by atoms with Crippen LogP contribution in [0.3, 0.4) is 0 Å². The van der Waals surface area contributed by atoms with Crippen LogP contribution in [0, 0.1) is 0 Å². The lowest BCUT2D eigenvalue weighted by molar-refractivity contribution is -0.138. The second kappa shape index (κ2) is 6.23. The summed E-state index contributed by atoms with van der Waals surface area (Å²) in [5.41, 5.74) is -0.160. The number of ether oxygens (including phenoxy) is 1. The molecule has 3 heterocycles. The normalized spacial score (nSPS) is 18.3. The minimum absolute atomic E-state index is 0.0219. The first-order chi connectivity index (χ1) is 11.4. The molecule has 3 rings (SSSR count). The van der Waals surface area contributed by atoms with Gasteiger partial charge in [-0.1, -0.05) is 0 Å². The third-order valence-corrected chi connectivity index (χ3v) is 4.38. The van der Waals surface area contributed by atoms with Gasteiger partial charge in [0.1, 0.15) is 0 Å². The molecule has 0 bridgehead atoms. The highest BCUT2D eigenvalue weighted by atomic mass is 16.5. The maximum absolute atomic E-state index is 12.3. The number of fused-ring (bicyclic) bond motifs is 1. The number of nitrogens with zero attached hydrogens (tertiary/aromatic N) is 5. The smallest absolute Gasteiger partial charge is 0.332 e. The van der Waals surface area contributed by atoms with E-state index in [4.69, 9.17) is 4.74 Å². The van der Waals surface area contributed by atoms with Gasteiger partial charge in [0.05, 0.1) is 19.0 Å². The van der Waals surface area contributed by atoms with Gasteiger partial charge in [-0.3, -0.25) is 18.7 Å². The molecule has 1 aliphatic rings. The number of aryl methyl sites for hydroxylation is 2. The number of rotatable bonds is 3. The van der Waals surface area contributed by atoms with Crippen LogP contribution in [0.15, 0.2) is 15.9 Å². The van der Waals surface area contributed by atoms with Crippen LogP contribution in [0.1, 0.15) is 13.3 Å². The van der Waals surface area contributed by atoms with Crippen LogP contribution in [0.25, 0.3) is 11.2 Å². The topological polar surface area (TPSA) is 91.4 Å². The van der Waals surface area contributed by atoms with Gasteiger partial charge >= 0.3 is 5.69 Å². The zero-order chi connectivity index (χ0) is 17.4. The molecule has 1 aliphatic heterocycles. The van der Waals surface area contributed by atoms with Crippen molar-refractivity contribution in [1.29, 1.82) is 0 Å². The fourth-order valence-electron chi connectivity index (χ4n) is 2.99. The van der Waals surface area contributed by atoms with Crippen molar-refractivity contribution >= 4 is 17.1 Å². The Morgan fingerprint density at radius 2 is 2.08 bits per heavy atom. The molecule has 2 aromatic rings. The van der Waals surface area contributed by atoms with Crippen LogP contribution < -0.4 is 11.2 Å². The van der Waals surface area contributed by atoms with Crippen molar-refractivity contribution in [2.75, 3.05) is 19.7 Å². The van der Waals surface area contributed by atoms with Crippen molar-refractivity contribution in [3.63, 3.8) is 0 Å². The predicted molar refractivity (Wildman–Crippen MR) is 86.8 cm³/mol. The summed E-state index contributed by atoms with van der Waals surface area (Å²) in [7, 11) is 3.00. The molecule has 0 N–H and O–H groups in total. The standard InChI is InChI=1S/C15H21N5O4/c1-10-8-19(6-7-24-10)11(21)4-5-20-9-16-13-12(20)14(22)18(3)15(23)17(13)2/h9-10H,4-8H2,1-3H3/t10-/m1/s1. The molecule has 130 valence electrons. The SMILES string of the molecule is C[C@@H]1CN(C(=O)CCn2cnc3c2c(=O)n(C)c(=O)n3C)CCO1. The van der Waals surface area contributed by atoms with Crippen molar-refractivity contribution in [3.8, 4) is 0 Å². The first-order valence-electron chi connectivity index (χ1n) is 7.90. The Morgan fingerprint density at radius 1 is 1.33 bits per heavy atom. The van der Waals surface area contributed by atoms with Crippen molar-refractivity contribution < 1.29 is 9.53 Å². The average Bonchev–Trinajstić information content (AvgIpc) is 3.00. The number of amides is 1. The van der Waals surface area contributed by atoms with Crippen molar-refractivity contribution in [2.45, 2.75) is 26.0 Å². The molecular formula is C15H21N5O4. The molecule has 1 amide bonds. The van der Waals surface area contributed by atoms with E-state index < -0.39 is 11.2 Å².